The van der Waals surface area contributed by atoms with Crippen molar-refractivity contribution in [1.82, 2.24) is 0 Å². The Labute approximate surface area is 139 Å². The predicted molar refractivity (Wildman–Crippen MR) is 92.1 cm³/mol. The molecule has 0 saturated heterocycles. The van der Waals surface area contributed by atoms with E-state index in [9.17, 15) is 14.7 Å². The van der Waals surface area contributed by atoms with Crippen LogP contribution >= 0.6 is 0 Å². The van der Waals surface area contributed by atoms with Gasteiger partial charge in [-0.25, -0.2) is 0 Å². The third-order valence-corrected chi connectivity index (χ3v) is 4.95. The number of ketones is 1. The third-order valence-electron chi connectivity index (χ3n) is 4.95. The number of aromatic hydroxyl groups is 1. The Hall–Kier alpha value is -2.94. The van der Waals surface area contributed by atoms with Gasteiger partial charge in [0.15, 0.2) is 5.78 Å². The van der Waals surface area contributed by atoms with Crippen LogP contribution in [0.15, 0.2) is 60.2 Å². The van der Waals surface area contributed by atoms with Crippen LogP contribution in [0.25, 0.3) is 5.57 Å². The molecule has 0 saturated carbocycles. The number of aldehydes is 1. The van der Waals surface area contributed by atoms with Crippen molar-refractivity contribution in [2.75, 3.05) is 0 Å². The molecule has 0 spiro atoms. The van der Waals surface area contributed by atoms with E-state index in [1.165, 1.54) is 6.07 Å². The minimum Gasteiger partial charge on any atom is -0.508 e. The summed E-state index contributed by atoms with van der Waals surface area (Å²) in [5.41, 5.74) is 5.77. The molecule has 4 rings (SSSR count). The largest absolute Gasteiger partial charge is 0.508 e. The average Bonchev–Trinajstić information content (AvgIpc) is 2.96. The molecule has 3 heteroatoms. The van der Waals surface area contributed by atoms with E-state index in [1.54, 1.807) is 12.1 Å². The lowest BCUT2D eigenvalue weighted by Crippen LogP contribution is -2.19. The molecule has 0 heterocycles. The smallest absolute Gasteiger partial charge is 0.188 e. The van der Waals surface area contributed by atoms with Crippen LogP contribution in [0, 0.1) is 0 Å². The molecule has 0 radical (unpaired) electrons. The van der Waals surface area contributed by atoms with Gasteiger partial charge in [0.25, 0.3) is 0 Å². The Morgan fingerprint density at radius 1 is 1.12 bits per heavy atom. The molecule has 2 aliphatic rings. The Morgan fingerprint density at radius 2 is 1.92 bits per heavy atom. The van der Waals surface area contributed by atoms with Crippen molar-refractivity contribution < 1.29 is 14.7 Å². The SMILES string of the molecule is C=C1CC(C2=C(C=O)Cc3ccccc32)c2cc(O)ccc2C1=O. The molecule has 118 valence electrons. The van der Waals surface area contributed by atoms with Gasteiger partial charge in [0.1, 0.15) is 12.0 Å². The molecule has 0 aliphatic heterocycles. The van der Waals surface area contributed by atoms with Crippen molar-refractivity contribution in [2.45, 2.75) is 18.8 Å². The van der Waals surface area contributed by atoms with Crippen LogP contribution < -0.4 is 0 Å². The van der Waals surface area contributed by atoms with Gasteiger partial charge in [-0.3, -0.25) is 9.59 Å². The molecule has 0 aromatic heterocycles. The standard InChI is InChI=1S/C21H16O3/c1-12-8-19(18-10-15(23)6-7-17(18)21(12)24)20-14(11-22)9-13-4-2-3-5-16(13)20/h2-7,10-11,19,23H,1,8-9H2. The summed E-state index contributed by atoms with van der Waals surface area (Å²) in [6, 6.07) is 12.8. The van der Waals surface area contributed by atoms with Gasteiger partial charge in [0, 0.05) is 23.5 Å². The summed E-state index contributed by atoms with van der Waals surface area (Å²) in [6.45, 7) is 3.92. The lowest BCUT2D eigenvalue weighted by molar-refractivity contribution is -0.104. The number of phenolic OH excluding ortho intramolecular Hbond substituents is 1. The zero-order chi connectivity index (χ0) is 16.8. The number of benzene rings is 2. The van der Waals surface area contributed by atoms with Crippen LogP contribution in [0.2, 0.25) is 0 Å². The number of hydrogen-bond acceptors (Lipinski definition) is 3. The molecular weight excluding hydrogens is 300 g/mol. The molecule has 1 N–H and O–H groups in total. The van der Waals surface area contributed by atoms with Gasteiger partial charge in [0.2, 0.25) is 0 Å². The summed E-state index contributed by atoms with van der Waals surface area (Å²) in [6.07, 6.45) is 1.99. The maximum absolute atomic E-state index is 12.4. The van der Waals surface area contributed by atoms with E-state index in [0.717, 1.165) is 34.1 Å². The maximum atomic E-state index is 12.4. The fourth-order valence-corrected chi connectivity index (χ4v) is 3.87. The first-order valence-corrected chi connectivity index (χ1v) is 7.92. The fourth-order valence-electron chi connectivity index (χ4n) is 3.87. The van der Waals surface area contributed by atoms with Crippen molar-refractivity contribution in [1.29, 1.82) is 0 Å². The summed E-state index contributed by atoms with van der Waals surface area (Å²) in [5, 5.41) is 9.90. The number of carbonyl (C=O) groups is 2. The van der Waals surface area contributed by atoms with E-state index in [2.05, 4.69) is 6.58 Å². The highest BCUT2D eigenvalue weighted by Gasteiger charge is 2.35. The number of allylic oxidation sites excluding steroid dienone is 3. The highest BCUT2D eigenvalue weighted by molar-refractivity contribution is 6.12. The fraction of sp³-hybridized carbons (Fsp3) is 0.143. The topological polar surface area (TPSA) is 54.4 Å². The number of rotatable bonds is 2. The summed E-state index contributed by atoms with van der Waals surface area (Å²) >= 11 is 0. The van der Waals surface area contributed by atoms with Gasteiger partial charge in [-0.15, -0.1) is 0 Å². The summed E-state index contributed by atoms with van der Waals surface area (Å²) < 4.78 is 0. The number of carbonyl (C=O) groups excluding carboxylic acids is 2. The molecule has 1 unspecified atom stereocenters. The first-order chi connectivity index (χ1) is 11.6. The quantitative estimate of drug-likeness (QED) is 0.677. The van der Waals surface area contributed by atoms with Gasteiger partial charge >= 0.3 is 0 Å². The maximum Gasteiger partial charge on any atom is 0.188 e. The van der Waals surface area contributed by atoms with Crippen molar-refractivity contribution in [2.24, 2.45) is 0 Å². The Morgan fingerprint density at radius 3 is 2.71 bits per heavy atom. The van der Waals surface area contributed by atoms with Gasteiger partial charge in [-0.2, -0.15) is 0 Å². The van der Waals surface area contributed by atoms with Crippen LogP contribution in [0.3, 0.4) is 0 Å². The second kappa shape index (κ2) is 5.31. The van der Waals surface area contributed by atoms with Crippen LogP contribution in [0.1, 0.15) is 39.4 Å². The molecular formula is C21H16O3. The van der Waals surface area contributed by atoms with Crippen LogP contribution in [-0.2, 0) is 11.2 Å². The average molecular weight is 316 g/mol. The molecule has 3 nitrogen and oxygen atoms in total. The van der Waals surface area contributed by atoms with Gasteiger partial charge < -0.3 is 5.11 Å². The zero-order valence-electron chi connectivity index (χ0n) is 13.1. The summed E-state index contributed by atoms with van der Waals surface area (Å²) in [7, 11) is 0. The molecule has 0 bridgehead atoms. The van der Waals surface area contributed by atoms with Crippen LogP contribution in [0.5, 0.6) is 5.75 Å². The van der Waals surface area contributed by atoms with Crippen LogP contribution in [-0.4, -0.2) is 17.2 Å². The lowest BCUT2D eigenvalue weighted by Gasteiger charge is -2.28. The van der Waals surface area contributed by atoms with E-state index in [1.807, 2.05) is 24.3 Å². The minimum atomic E-state index is -0.138. The van der Waals surface area contributed by atoms with Crippen molar-refractivity contribution in [3.05, 3.63) is 82.4 Å². The lowest BCUT2D eigenvalue weighted by atomic mass is 9.74. The molecule has 0 amide bonds. The normalized spacial score (nSPS) is 19.2. The van der Waals surface area contributed by atoms with E-state index in [4.69, 9.17) is 0 Å². The highest BCUT2D eigenvalue weighted by Crippen LogP contribution is 2.48. The summed E-state index contributed by atoms with van der Waals surface area (Å²) in [5.74, 6) is -0.0967. The predicted octanol–water partition coefficient (Wildman–Crippen LogP) is 3.83. The first kappa shape index (κ1) is 14.6. The number of phenols is 1. The third kappa shape index (κ3) is 2.05. The Balaban J connectivity index is 1.95. The molecule has 2 aliphatic carbocycles. The Kier molecular flexibility index (Phi) is 3.24. The van der Waals surface area contributed by atoms with Gasteiger partial charge in [0.05, 0.1) is 0 Å². The number of fused-ring (bicyclic) bond motifs is 2. The number of hydrogen-bond donors (Lipinski definition) is 1. The van der Waals surface area contributed by atoms with E-state index >= 15 is 0 Å². The van der Waals surface area contributed by atoms with E-state index < -0.39 is 0 Å². The van der Waals surface area contributed by atoms with Crippen molar-refractivity contribution in [3.8, 4) is 5.75 Å². The molecule has 2 aromatic rings. The first-order valence-electron chi connectivity index (χ1n) is 7.92. The van der Waals surface area contributed by atoms with Crippen molar-refractivity contribution >= 4 is 17.6 Å². The molecule has 1 atom stereocenters. The zero-order valence-corrected chi connectivity index (χ0v) is 13.1. The van der Waals surface area contributed by atoms with Crippen LogP contribution in [0.4, 0.5) is 0 Å². The second-order valence-corrected chi connectivity index (χ2v) is 6.35. The highest BCUT2D eigenvalue weighted by atomic mass is 16.3. The monoisotopic (exact) mass is 316 g/mol. The summed E-state index contributed by atoms with van der Waals surface area (Å²) in [4.78, 5) is 24.1. The molecule has 24 heavy (non-hydrogen) atoms. The molecule has 0 fully saturated rings. The van der Waals surface area contributed by atoms with Crippen molar-refractivity contribution in [3.63, 3.8) is 0 Å². The molecule has 2 aromatic carbocycles. The minimum absolute atomic E-state index is 0.0826. The van der Waals surface area contributed by atoms with Gasteiger partial charge in [-0.1, -0.05) is 30.8 Å². The number of Topliss-reactive ketones (excluding diaryl/α,β-unsaturated/α-hetero) is 1. The van der Waals surface area contributed by atoms with E-state index in [0.29, 0.717) is 24.0 Å². The van der Waals surface area contributed by atoms with Gasteiger partial charge in [-0.05, 0) is 52.5 Å². The Bertz CT molecular complexity index is 934. The second-order valence-electron chi connectivity index (χ2n) is 6.35. The van der Waals surface area contributed by atoms with E-state index in [-0.39, 0.29) is 17.5 Å².